The summed E-state index contributed by atoms with van der Waals surface area (Å²) in [6, 6.07) is 16.5. The first-order valence-electron chi connectivity index (χ1n) is 9.23. The van der Waals surface area contributed by atoms with Crippen molar-refractivity contribution in [3.63, 3.8) is 0 Å². The second kappa shape index (κ2) is 7.89. The van der Waals surface area contributed by atoms with Gasteiger partial charge in [0.1, 0.15) is 18.2 Å². The minimum absolute atomic E-state index is 0.625. The maximum absolute atomic E-state index is 5.97. The van der Waals surface area contributed by atoms with Crippen LogP contribution < -0.4 is 4.74 Å². The van der Waals surface area contributed by atoms with Crippen molar-refractivity contribution in [1.82, 2.24) is 14.5 Å². The van der Waals surface area contributed by atoms with Gasteiger partial charge < -0.3 is 14.0 Å². The zero-order valence-corrected chi connectivity index (χ0v) is 15.2. The fourth-order valence-corrected chi connectivity index (χ4v) is 3.41. The Kier molecular flexibility index (Phi) is 5.18. The zero-order chi connectivity index (χ0) is 17.8. The molecule has 0 spiro atoms. The number of rotatable bonds is 6. The predicted octanol–water partition coefficient (Wildman–Crippen LogP) is 3.26. The van der Waals surface area contributed by atoms with E-state index in [0.29, 0.717) is 6.61 Å². The van der Waals surface area contributed by atoms with Crippen LogP contribution in [-0.2, 0) is 17.8 Å². The minimum atomic E-state index is 0.625. The van der Waals surface area contributed by atoms with Crippen LogP contribution >= 0.6 is 0 Å². The molecule has 0 amide bonds. The van der Waals surface area contributed by atoms with Crippen LogP contribution in [0.15, 0.2) is 48.5 Å². The maximum Gasteiger partial charge on any atom is 0.124 e. The van der Waals surface area contributed by atoms with E-state index in [0.717, 1.165) is 56.5 Å². The second-order valence-corrected chi connectivity index (χ2v) is 6.72. The third-order valence-corrected chi connectivity index (χ3v) is 4.78. The largest absolute Gasteiger partial charge is 0.492 e. The molecule has 1 aliphatic heterocycles. The molecule has 0 saturated carbocycles. The molecule has 1 aliphatic rings. The van der Waals surface area contributed by atoms with Crippen molar-refractivity contribution in [2.45, 2.75) is 20.0 Å². The van der Waals surface area contributed by atoms with Gasteiger partial charge in [-0.2, -0.15) is 0 Å². The highest BCUT2D eigenvalue weighted by molar-refractivity contribution is 5.75. The number of morpholine rings is 1. The van der Waals surface area contributed by atoms with Crippen molar-refractivity contribution in [2.24, 2.45) is 0 Å². The molecule has 0 bridgehead atoms. The Hall–Kier alpha value is -2.37. The van der Waals surface area contributed by atoms with Gasteiger partial charge in [-0.05, 0) is 36.8 Å². The number of imidazole rings is 1. The number of hydrogen-bond acceptors (Lipinski definition) is 4. The third-order valence-electron chi connectivity index (χ3n) is 4.78. The molecule has 1 aromatic heterocycles. The highest BCUT2D eigenvalue weighted by Gasteiger charge is 2.16. The van der Waals surface area contributed by atoms with E-state index in [1.165, 1.54) is 11.1 Å². The summed E-state index contributed by atoms with van der Waals surface area (Å²) in [5.41, 5.74) is 3.43. The number of ether oxygens (including phenoxy) is 2. The fourth-order valence-electron chi connectivity index (χ4n) is 3.41. The molecule has 1 saturated heterocycles. The van der Waals surface area contributed by atoms with Crippen LogP contribution in [0.1, 0.15) is 11.4 Å². The number of fused-ring (bicyclic) bond motifs is 1. The molecule has 0 unspecified atom stereocenters. The van der Waals surface area contributed by atoms with E-state index in [-0.39, 0.29) is 0 Å². The number of para-hydroxylation sites is 2. The smallest absolute Gasteiger partial charge is 0.124 e. The van der Waals surface area contributed by atoms with Crippen LogP contribution in [-0.4, -0.2) is 47.4 Å². The van der Waals surface area contributed by atoms with Gasteiger partial charge in [0, 0.05) is 13.1 Å². The molecule has 0 aliphatic carbocycles. The molecular weight excluding hydrogens is 326 g/mol. The molecule has 2 aromatic carbocycles. The van der Waals surface area contributed by atoms with E-state index in [1.54, 1.807) is 0 Å². The van der Waals surface area contributed by atoms with Gasteiger partial charge in [-0.25, -0.2) is 4.98 Å². The Balaban J connectivity index is 1.51. The van der Waals surface area contributed by atoms with Gasteiger partial charge in [-0.15, -0.1) is 0 Å². The molecule has 3 aromatic rings. The average molecular weight is 351 g/mol. The standard InChI is InChI=1S/C21H25N3O2/c1-17-5-4-6-18(15-17)26-14-11-24-20-8-3-2-7-19(20)22-21(24)16-23-9-12-25-13-10-23/h2-8,15H,9-14,16H2,1H3. The Bertz CT molecular complexity index is 869. The number of nitrogens with zero attached hydrogens (tertiary/aromatic N) is 3. The van der Waals surface area contributed by atoms with Crippen LogP contribution in [0, 0.1) is 6.92 Å². The first-order chi connectivity index (χ1) is 12.8. The lowest BCUT2D eigenvalue weighted by atomic mass is 10.2. The van der Waals surface area contributed by atoms with E-state index < -0.39 is 0 Å². The number of benzene rings is 2. The summed E-state index contributed by atoms with van der Waals surface area (Å²) in [4.78, 5) is 7.28. The molecule has 4 rings (SSSR count). The summed E-state index contributed by atoms with van der Waals surface area (Å²) in [6.07, 6.45) is 0. The quantitative estimate of drug-likeness (QED) is 0.683. The van der Waals surface area contributed by atoms with Crippen LogP contribution in [0.5, 0.6) is 5.75 Å². The van der Waals surface area contributed by atoms with Crippen LogP contribution in [0.3, 0.4) is 0 Å². The topological polar surface area (TPSA) is 39.5 Å². The first kappa shape index (κ1) is 17.1. The van der Waals surface area contributed by atoms with Crippen LogP contribution in [0.2, 0.25) is 0 Å². The summed E-state index contributed by atoms with van der Waals surface area (Å²) in [5.74, 6) is 2.02. The van der Waals surface area contributed by atoms with Crippen molar-refractivity contribution in [1.29, 1.82) is 0 Å². The molecule has 26 heavy (non-hydrogen) atoms. The van der Waals surface area contributed by atoms with Crippen molar-refractivity contribution in [3.8, 4) is 5.75 Å². The lowest BCUT2D eigenvalue weighted by Gasteiger charge is -2.26. The highest BCUT2D eigenvalue weighted by atomic mass is 16.5. The maximum atomic E-state index is 5.97. The molecule has 5 nitrogen and oxygen atoms in total. The van der Waals surface area contributed by atoms with E-state index in [1.807, 2.05) is 18.2 Å². The van der Waals surface area contributed by atoms with Gasteiger partial charge in [-0.3, -0.25) is 4.90 Å². The van der Waals surface area contributed by atoms with Gasteiger partial charge in [0.05, 0.1) is 37.3 Å². The van der Waals surface area contributed by atoms with Crippen LogP contribution in [0.25, 0.3) is 11.0 Å². The molecule has 0 N–H and O–H groups in total. The molecule has 5 heteroatoms. The monoisotopic (exact) mass is 351 g/mol. The summed E-state index contributed by atoms with van der Waals surface area (Å²) >= 11 is 0. The summed E-state index contributed by atoms with van der Waals surface area (Å²) in [7, 11) is 0. The predicted molar refractivity (Wildman–Crippen MR) is 103 cm³/mol. The second-order valence-electron chi connectivity index (χ2n) is 6.72. The zero-order valence-electron chi connectivity index (χ0n) is 15.2. The first-order valence-corrected chi connectivity index (χ1v) is 9.23. The normalized spacial score (nSPS) is 15.4. The SMILES string of the molecule is Cc1cccc(OCCn2c(CN3CCOCC3)nc3ccccc32)c1. The Morgan fingerprint density at radius 3 is 2.77 bits per heavy atom. The average Bonchev–Trinajstić information content (AvgIpc) is 3.00. The number of aryl methyl sites for hydroxylation is 1. The molecule has 0 radical (unpaired) electrons. The summed E-state index contributed by atoms with van der Waals surface area (Å²) in [5, 5.41) is 0. The van der Waals surface area contributed by atoms with Crippen LogP contribution in [0.4, 0.5) is 0 Å². The van der Waals surface area contributed by atoms with Gasteiger partial charge in [0.2, 0.25) is 0 Å². The van der Waals surface area contributed by atoms with Gasteiger partial charge in [-0.1, -0.05) is 24.3 Å². The van der Waals surface area contributed by atoms with Crippen molar-refractivity contribution in [3.05, 3.63) is 59.9 Å². The van der Waals surface area contributed by atoms with E-state index in [4.69, 9.17) is 14.5 Å². The Morgan fingerprint density at radius 2 is 1.92 bits per heavy atom. The summed E-state index contributed by atoms with van der Waals surface area (Å²) < 4.78 is 13.7. The van der Waals surface area contributed by atoms with Crippen molar-refractivity contribution >= 4 is 11.0 Å². The van der Waals surface area contributed by atoms with Crippen molar-refractivity contribution < 1.29 is 9.47 Å². The molecule has 1 fully saturated rings. The van der Waals surface area contributed by atoms with Crippen molar-refractivity contribution in [2.75, 3.05) is 32.9 Å². The lowest BCUT2D eigenvalue weighted by Crippen LogP contribution is -2.36. The van der Waals surface area contributed by atoms with Gasteiger partial charge >= 0.3 is 0 Å². The van der Waals surface area contributed by atoms with Gasteiger partial charge in [0.15, 0.2) is 0 Å². The number of hydrogen-bond donors (Lipinski definition) is 0. The highest BCUT2D eigenvalue weighted by Crippen LogP contribution is 2.18. The minimum Gasteiger partial charge on any atom is -0.492 e. The lowest BCUT2D eigenvalue weighted by molar-refractivity contribution is 0.0326. The Morgan fingerprint density at radius 1 is 1.08 bits per heavy atom. The van der Waals surface area contributed by atoms with Gasteiger partial charge in [0.25, 0.3) is 0 Å². The molecule has 136 valence electrons. The fraction of sp³-hybridized carbons (Fsp3) is 0.381. The Labute approximate surface area is 154 Å². The summed E-state index contributed by atoms with van der Waals surface area (Å²) in [6.45, 7) is 7.87. The number of aromatic nitrogens is 2. The van der Waals surface area contributed by atoms with E-state index in [2.05, 4.69) is 46.7 Å². The van der Waals surface area contributed by atoms with E-state index in [9.17, 15) is 0 Å². The third kappa shape index (κ3) is 3.89. The molecular formula is C21H25N3O2. The van der Waals surface area contributed by atoms with E-state index >= 15 is 0 Å². The molecule has 2 heterocycles. The molecule has 0 atom stereocenters.